The molecule has 0 aliphatic rings. The van der Waals surface area contributed by atoms with Crippen molar-refractivity contribution in [3.63, 3.8) is 0 Å². The van der Waals surface area contributed by atoms with E-state index in [0.717, 1.165) is 33.6 Å². The number of rotatable bonds is 6. The topological polar surface area (TPSA) is 81.6 Å². The minimum atomic E-state index is -0.371. The van der Waals surface area contributed by atoms with Crippen molar-refractivity contribution < 1.29 is 9.53 Å². The first-order valence-corrected chi connectivity index (χ1v) is 9.16. The van der Waals surface area contributed by atoms with Crippen molar-refractivity contribution in [1.82, 2.24) is 14.7 Å². The Bertz CT molecular complexity index is 1120. The second-order valence-electron chi connectivity index (χ2n) is 6.67. The standard InChI is InChI=1S/C22H22N4O2/c1-28-16-10-8-15(9-11-16)17(23)13-22(27)24-14-19-21-7-4-12-26(21)20-6-3-2-5-18(20)25-19/h2-12,17H,13-14,23H2,1H3,(H,24,27). The number of amides is 1. The number of carbonyl (C=O) groups is 1. The first kappa shape index (κ1) is 18.0. The van der Waals surface area contributed by atoms with E-state index in [1.54, 1.807) is 7.11 Å². The molecule has 0 fully saturated rings. The van der Waals surface area contributed by atoms with E-state index in [0.29, 0.717) is 6.54 Å². The van der Waals surface area contributed by atoms with Crippen molar-refractivity contribution >= 4 is 22.5 Å². The third-order valence-corrected chi connectivity index (χ3v) is 4.84. The number of fused-ring (bicyclic) bond motifs is 3. The molecule has 0 bridgehead atoms. The van der Waals surface area contributed by atoms with Gasteiger partial charge < -0.3 is 20.2 Å². The Labute approximate surface area is 162 Å². The van der Waals surface area contributed by atoms with Crippen LogP contribution in [-0.4, -0.2) is 22.4 Å². The minimum Gasteiger partial charge on any atom is -0.497 e. The molecule has 2 aromatic heterocycles. The molecule has 2 aromatic carbocycles. The van der Waals surface area contributed by atoms with Crippen LogP contribution in [0.1, 0.15) is 23.7 Å². The van der Waals surface area contributed by atoms with E-state index in [4.69, 9.17) is 15.5 Å². The molecule has 4 rings (SSSR count). The first-order valence-electron chi connectivity index (χ1n) is 9.16. The Balaban J connectivity index is 1.46. The molecular weight excluding hydrogens is 352 g/mol. The number of hydrogen-bond acceptors (Lipinski definition) is 4. The Morgan fingerprint density at radius 2 is 1.86 bits per heavy atom. The highest BCUT2D eigenvalue weighted by atomic mass is 16.5. The van der Waals surface area contributed by atoms with Crippen LogP contribution in [0.5, 0.6) is 5.75 Å². The van der Waals surface area contributed by atoms with E-state index in [9.17, 15) is 4.79 Å². The van der Waals surface area contributed by atoms with Crippen molar-refractivity contribution in [3.8, 4) is 5.75 Å². The Morgan fingerprint density at radius 1 is 1.11 bits per heavy atom. The fourth-order valence-electron chi connectivity index (χ4n) is 3.34. The molecule has 28 heavy (non-hydrogen) atoms. The average Bonchev–Trinajstić information content (AvgIpc) is 3.22. The maximum Gasteiger partial charge on any atom is 0.222 e. The predicted molar refractivity (Wildman–Crippen MR) is 109 cm³/mol. The van der Waals surface area contributed by atoms with Crippen LogP contribution >= 0.6 is 0 Å². The third kappa shape index (κ3) is 3.54. The van der Waals surface area contributed by atoms with Gasteiger partial charge in [0.25, 0.3) is 0 Å². The summed E-state index contributed by atoms with van der Waals surface area (Å²) in [5, 5.41) is 2.95. The molecule has 0 saturated heterocycles. The van der Waals surface area contributed by atoms with Gasteiger partial charge in [0.1, 0.15) is 5.75 Å². The number of hydrogen-bond donors (Lipinski definition) is 2. The van der Waals surface area contributed by atoms with Gasteiger partial charge in [-0.3, -0.25) is 4.79 Å². The van der Waals surface area contributed by atoms with E-state index < -0.39 is 0 Å². The van der Waals surface area contributed by atoms with Gasteiger partial charge in [0.05, 0.1) is 35.9 Å². The number of ether oxygens (including phenoxy) is 1. The highest BCUT2D eigenvalue weighted by molar-refractivity contribution is 5.80. The van der Waals surface area contributed by atoms with E-state index >= 15 is 0 Å². The maximum atomic E-state index is 12.4. The van der Waals surface area contributed by atoms with Gasteiger partial charge in [0.15, 0.2) is 0 Å². The number of carbonyl (C=O) groups excluding carboxylic acids is 1. The van der Waals surface area contributed by atoms with Crippen LogP contribution in [0.3, 0.4) is 0 Å². The van der Waals surface area contributed by atoms with Gasteiger partial charge in [-0.2, -0.15) is 0 Å². The van der Waals surface area contributed by atoms with Gasteiger partial charge in [0.2, 0.25) is 5.91 Å². The van der Waals surface area contributed by atoms with Crippen LogP contribution in [0.4, 0.5) is 0 Å². The van der Waals surface area contributed by atoms with E-state index in [-0.39, 0.29) is 18.4 Å². The normalized spacial score (nSPS) is 12.2. The van der Waals surface area contributed by atoms with Gasteiger partial charge in [-0.05, 0) is 42.0 Å². The maximum absolute atomic E-state index is 12.4. The van der Waals surface area contributed by atoms with Gasteiger partial charge in [0, 0.05) is 18.7 Å². The van der Waals surface area contributed by atoms with Crippen LogP contribution in [0.2, 0.25) is 0 Å². The largest absolute Gasteiger partial charge is 0.497 e. The zero-order valence-electron chi connectivity index (χ0n) is 15.6. The number of benzene rings is 2. The first-order chi connectivity index (χ1) is 13.7. The summed E-state index contributed by atoms with van der Waals surface area (Å²) in [4.78, 5) is 17.1. The lowest BCUT2D eigenvalue weighted by atomic mass is 10.0. The summed E-state index contributed by atoms with van der Waals surface area (Å²) in [7, 11) is 1.62. The number of nitrogens with zero attached hydrogens (tertiary/aromatic N) is 2. The number of nitrogens with two attached hydrogens (primary N) is 1. The summed E-state index contributed by atoms with van der Waals surface area (Å²) in [6.07, 6.45) is 2.21. The number of methoxy groups -OCH3 is 1. The summed E-state index contributed by atoms with van der Waals surface area (Å²) in [5.41, 5.74) is 10.8. The molecule has 1 amide bonds. The van der Waals surface area contributed by atoms with Gasteiger partial charge in [-0.25, -0.2) is 4.98 Å². The summed E-state index contributed by atoms with van der Waals surface area (Å²) < 4.78 is 7.24. The molecule has 6 heteroatoms. The highest BCUT2D eigenvalue weighted by Gasteiger charge is 2.13. The van der Waals surface area contributed by atoms with E-state index in [2.05, 4.69) is 9.72 Å². The number of nitrogens with one attached hydrogen (secondary N) is 1. The molecule has 2 heterocycles. The third-order valence-electron chi connectivity index (χ3n) is 4.84. The smallest absolute Gasteiger partial charge is 0.222 e. The van der Waals surface area contributed by atoms with Crippen molar-refractivity contribution in [3.05, 3.63) is 78.1 Å². The molecule has 1 atom stereocenters. The van der Waals surface area contributed by atoms with Crippen LogP contribution in [0.25, 0.3) is 16.6 Å². The second-order valence-corrected chi connectivity index (χ2v) is 6.67. The molecule has 0 radical (unpaired) electrons. The minimum absolute atomic E-state index is 0.108. The highest BCUT2D eigenvalue weighted by Crippen LogP contribution is 2.20. The Morgan fingerprint density at radius 3 is 2.64 bits per heavy atom. The second kappa shape index (κ2) is 7.70. The zero-order valence-corrected chi connectivity index (χ0v) is 15.6. The van der Waals surface area contributed by atoms with Crippen molar-refractivity contribution in [2.45, 2.75) is 19.0 Å². The molecule has 6 nitrogen and oxygen atoms in total. The van der Waals surface area contributed by atoms with Gasteiger partial charge in [-0.15, -0.1) is 0 Å². The average molecular weight is 374 g/mol. The molecule has 3 N–H and O–H groups in total. The SMILES string of the molecule is COc1ccc(C(N)CC(=O)NCc2nc3ccccc3n3cccc23)cc1. The van der Waals surface area contributed by atoms with Crippen LogP contribution in [-0.2, 0) is 11.3 Å². The van der Waals surface area contributed by atoms with E-state index in [1.165, 1.54) is 0 Å². The van der Waals surface area contributed by atoms with Crippen molar-refractivity contribution in [2.24, 2.45) is 5.73 Å². The lowest BCUT2D eigenvalue weighted by Gasteiger charge is -2.13. The fourth-order valence-corrected chi connectivity index (χ4v) is 3.34. The molecular formula is C22H22N4O2. The quantitative estimate of drug-likeness (QED) is 0.543. The summed E-state index contributed by atoms with van der Waals surface area (Å²) in [6.45, 7) is 0.354. The molecule has 0 saturated carbocycles. The summed E-state index contributed by atoms with van der Waals surface area (Å²) in [6, 6.07) is 19.0. The molecule has 142 valence electrons. The van der Waals surface area contributed by atoms with Crippen molar-refractivity contribution in [1.29, 1.82) is 0 Å². The predicted octanol–water partition coefficient (Wildman–Crippen LogP) is 3.20. The van der Waals surface area contributed by atoms with E-state index in [1.807, 2.05) is 66.9 Å². The molecule has 0 aliphatic carbocycles. The number of aromatic nitrogens is 2. The van der Waals surface area contributed by atoms with Crippen LogP contribution in [0.15, 0.2) is 66.9 Å². The van der Waals surface area contributed by atoms with Gasteiger partial charge >= 0.3 is 0 Å². The Kier molecular flexibility index (Phi) is 4.95. The van der Waals surface area contributed by atoms with Gasteiger partial charge in [-0.1, -0.05) is 24.3 Å². The lowest BCUT2D eigenvalue weighted by Crippen LogP contribution is -2.27. The molecule has 0 aliphatic heterocycles. The molecule has 4 aromatic rings. The molecule has 1 unspecified atom stereocenters. The summed E-state index contributed by atoms with van der Waals surface area (Å²) >= 11 is 0. The molecule has 0 spiro atoms. The number of para-hydroxylation sites is 2. The zero-order chi connectivity index (χ0) is 19.5. The van der Waals surface area contributed by atoms with Crippen molar-refractivity contribution in [2.75, 3.05) is 7.11 Å². The Hall–Kier alpha value is -3.38. The monoisotopic (exact) mass is 374 g/mol. The lowest BCUT2D eigenvalue weighted by molar-refractivity contribution is -0.121. The van der Waals surface area contributed by atoms with Crippen LogP contribution in [0, 0.1) is 0 Å². The fraction of sp³-hybridized carbons (Fsp3) is 0.182. The summed E-state index contributed by atoms with van der Waals surface area (Å²) in [5.74, 6) is 0.655. The van der Waals surface area contributed by atoms with Crippen LogP contribution < -0.4 is 15.8 Å².